The quantitative estimate of drug-likeness (QED) is 0.834. The number of ether oxygens (including phenoxy) is 1. The number of hydrogen-bond donors (Lipinski definition) is 1. The van der Waals surface area contributed by atoms with Crippen molar-refractivity contribution in [2.45, 2.75) is 12.2 Å². The molecule has 0 spiro atoms. The number of thioether (sulfide) groups is 1. The fraction of sp³-hybridized carbons (Fsp3) is 0.444. The van der Waals surface area contributed by atoms with E-state index in [4.69, 9.17) is 10.5 Å². The van der Waals surface area contributed by atoms with Gasteiger partial charge >= 0.3 is 11.8 Å². The fourth-order valence-electron chi connectivity index (χ4n) is 0.881. The molecule has 0 radical (unpaired) electrons. The van der Waals surface area contributed by atoms with Gasteiger partial charge in [0.1, 0.15) is 12.4 Å². The Labute approximate surface area is 96.8 Å². The van der Waals surface area contributed by atoms with E-state index in [-0.39, 0.29) is 17.7 Å². The predicted octanol–water partition coefficient (Wildman–Crippen LogP) is 0.562. The topological polar surface area (TPSA) is 87.2 Å². The maximum atomic E-state index is 11.4. The summed E-state index contributed by atoms with van der Waals surface area (Å²) in [5.41, 5.74) is 4.56. The standard InChI is InChI=1S/C9H13N3O3S/c1-6(16-2)5-15-9(14)12-4-3-7(10)11-8(12)13/h3-4,6H,5H2,1-2H3,(H2,10,11,13). The van der Waals surface area contributed by atoms with Gasteiger partial charge in [-0.3, -0.25) is 0 Å². The minimum atomic E-state index is -0.738. The highest BCUT2D eigenvalue weighted by molar-refractivity contribution is 7.99. The molecule has 0 aliphatic rings. The molecule has 1 aromatic heterocycles. The van der Waals surface area contributed by atoms with Crippen LogP contribution in [0.5, 0.6) is 0 Å². The summed E-state index contributed by atoms with van der Waals surface area (Å²) < 4.78 is 5.70. The second kappa shape index (κ2) is 5.55. The summed E-state index contributed by atoms with van der Waals surface area (Å²) in [6.45, 7) is 2.17. The first-order valence-corrected chi connectivity index (χ1v) is 5.88. The highest BCUT2D eigenvalue weighted by Gasteiger charge is 2.10. The smallest absolute Gasteiger partial charge is 0.422 e. The number of anilines is 1. The van der Waals surface area contributed by atoms with Gasteiger partial charge in [-0.1, -0.05) is 6.92 Å². The number of nitrogens with zero attached hydrogens (tertiary/aromatic N) is 2. The average Bonchev–Trinajstić information content (AvgIpc) is 2.25. The maximum Gasteiger partial charge on any atom is 0.422 e. The van der Waals surface area contributed by atoms with E-state index in [9.17, 15) is 9.59 Å². The number of nitrogens with two attached hydrogens (primary N) is 1. The number of nitrogen functional groups attached to an aromatic ring is 1. The van der Waals surface area contributed by atoms with Gasteiger partial charge in [0.15, 0.2) is 0 Å². The molecule has 1 unspecified atom stereocenters. The van der Waals surface area contributed by atoms with Crippen molar-refractivity contribution in [3.8, 4) is 0 Å². The molecule has 88 valence electrons. The summed E-state index contributed by atoms with van der Waals surface area (Å²) in [5.74, 6) is 0.0755. The lowest BCUT2D eigenvalue weighted by Crippen LogP contribution is -2.30. The number of carbonyl (C=O) groups is 1. The third kappa shape index (κ3) is 3.27. The zero-order valence-electron chi connectivity index (χ0n) is 9.04. The normalized spacial score (nSPS) is 12.1. The van der Waals surface area contributed by atoms with Crippen molar-refractivity contribution in [3.05, 3.63) is 22.7 Å². The van der Waals surface area contributed by atoms with Crippen molar-refractivity contribution in [1.82, 2.24) is 9.55 Å². The molecule has 1 aromatic rings. The lowest BCUT2D eigenvalue weighted by molar-refractivity contribution is 0.148. The van der Waals surface area contributed by atoms with Gasteiger partial charge in [-0.05, 0) is 12.3 Å². The summed E-state index contributed by atoms with van der Waals surface area (Å²) in [7, 11) is 0. The van der Waals surface area contributed by atoms with Crippen LogP contribution in [-0.4, -0.2) is 33.8 Å². The largest absolute Gasteiger partial charge is 0.448 e. The van der Waals surface area contributed by atoms with Crippen molar-refractivity contribution in [2.75, 3.05) is 18.6 Å². The first-order chi connectivity index (χ1) is 7.54. The van der Waals surface area contributed by atoms with Crippen molar-refractivity contribution in [2.24, 2.45) is 0 Å². The Balaban J connectivity index is 2.70. The van der Waals surface area contributed by atoms with Gasteiger partial charge in [0, 0.05) is 11.4 Å². The molecule has 0 bridgehead atoms. The lowest BCUT2D eigenvalue weighted by Gasteiger charge is -2.09. The fourth-order valence-corrected chi connectivity index (χ4v) is 1.09. The molecule has 1 heterocycles. The van der Waals surface area contributed by atoms with E-state index in [2.05, 4.69) is 4.98 Å². The highest BCUT2D eigenvalue weighted by Crippen LogP contribution is 2.05. The minimum absolute atomic E-state index is 0.0755. The van der Waals surface area contributed by atoms with E-state index < -0.39 is 11.8 Å². The molecule has 0 amide bonds. The van der Waals surface area contributed by atoms with Crippen LogP contribution in [-0.2, 0) is 4.74 Å². The molecule has 1 atom stereocenters. The van der Waals surface area contributed by atoms with Crippen molar-refractivity contribution < 1.29 is 9.53 Å². The Morgan fingerprint density at radius 3 is 3.00 bits per heavy atom. The molecule has 0 saturated heterocycles. The van der Waals surface area contributed by atoms with E-state index in [1.54, 1.807) is 11.8 Å². The minimum Gasteiger partial charge on any atom is -0.448 e. The van der Waals surface area contributed by atoms with Crippen LogP contribution >= 0.6 is 11.8 Å². The Kier molecular flexibility index (Phi) is 4.36. The molecular weight excluding hydrogens is 230 g/mol. The second-order valence-corrected chi connectivity index (χ2v) is 4.40. The molecule has 0 saturated carbocycles. The molecule has 0 aliphatic heterocycles. The molecular formula is C9H13N3O3S. The Hall–Kier alpha value is -1.50. The maximum absolute atomic E-state index is 11.4. The van der Waals surface area contributed by atoms with Crippen LogP contribution in [0.15, 0.2) is 17.1 Å². The van der Waals surface area contributed by atoms with E-state index in [0.717, 1.165) is 4.57 Å². The van der Waals surface area contributed by atoms with E-state index >= 15 is 0 Å². The number of hydrogen-bond acceptors (Lipinski definition) is 6. The van der Waals surface area contributed by atoms with Crippen LogP contribution in [0.25, 0.3) is 0 Å². The van der Waals surface area contributed by atoms with Gasteiger partial charge in [0.05, 0.1) is 0 Å². The number of aromatic nitrogens is 2. The van der Waals surface area contributed by atoms with Crippen LogP contribution < -0.4 is 11.4 Å². The number of rotatable bonds is 3. The van der Waals surface area contributed by atoms with E-state index in [1.807, 2.05) is 13.2 Å². The monoisotopic (exact) mass is 243 g/mol. The van der Waals surface area contributed by atoms with Crippen LogP contribution in [0.1, 0.15) is 6.92 Å². The predicted molar refractivity (Wildman–Crippen MR) is 62.6 cm³/mol. The summed E-state index contributed by atoms with van der Waals surface area (Å²) in [5, 5.41) is 0.182. The van der Waals surface area contributed by atoms with Gasteiger partial charge in [-0.2, -0.15) is 16.7 Å². The molecule has 0 aromatic carbocycles. The van der Waals surface area contributed by atoms with Crippen molar-refractivity contribution in [3.63, 3.8) is 0 Å². The zero-order chi connectivity index (χ0) is 12.1. The van der Waals surface area contributed by atoms with Crippen LogP contribution in [0.2, 0.25) is 0 Å². The third-order valence-electron chi connectivity index (χ3n) is 1.87. The van der Waals surface area contributed by atoms with Crippen LogP contribution in [0, 0.1) is 0 Å². The van der Waals surface area contributed by atoms with Gasteiger partial charge in [-0.15, -0.1) is 0 Å². The molecule has 6 nitrogen and oxygen atoms in total. The van der Waals surface area contributed by atoms with Gasteiger partial charge in [0.25, 0.3) is 0 Å². The molecule has 1 rings (SSSR count). The Bertz CT molecular complexity index is 432. The van der Waals surface area contributed by atoms with Crippen molar-refractivity contribution in [1.29, 1.82) is 0 Å². The Morgan fingerprint density at radius 1 is 1.75 bits per heavy atom. The second-order valence-electron chi connectivity index (χ2n) is 3.13. The Morgan fingerprint density at radius 2 is 2.44 bits per heavy atom. The molecule has 16 heavy (non-hydrogen) atoms. The number of carbonyl (C=O) groups excluding carboxylic acids is 1. The van der Waals surface area contributed by atoms with Gasteiger partial charge in [0.2, 0.25) is 0 Å². The summed E-state index contributed by atoms with van der Waals surface area (Å²) in [6, 6.07) is 1.36. The average molecular weight is 243 g/mol. The molecule has 0 aliphatic carbocycles. The van der Waals surface area contributed by atoms with Gasteiger partial charge < -0.3 is 10.5 Å². The summed E-state index contributed by atoms with van der Waals surface area (Å²) in [6.07, 6.45) is 2.42. The zero-order valence-corrected chi connectivity index (χ0v) is 9.86. The van der Waals surface area contributed by atoms with Crippen molar-refractivity contribution >= 4 is 23.7 Å². The first kappa shape index (κ1) is 12.6. The van der Waals surface area contributed by atoms with Crippen LogP contribution in [0.4, 0.5) is 10.6 Å². The SMILES string of the molecule is CSC(C)COC(=O)n1ccc(N)nc1=O. The lowest BCUT2D eigenvalue weighted by atomic mass is 10.5. The molecule has 0 fully saturated rings. The highest BCUT2D eigenvalue weighted by atomic mass is 32.2. The first-order valence-electron chi connectivity index (χ1n) is 4.59. The molecule has 2 N–H and O–H groups in total. The van der Waals surface area contributed by atoms with Crippen LogP contribution in [0.3, 0.4) is 0 Å². The summed E-state index contributed by atoms with van der Waals surface area (Å²) >= 11 is 1.57. The molecule has 7 heteroatoms. The van der Waals surface area contributed by atoms with E-state index in [1.165, 1.54) is 12.3 Å². The van der Waals surface area contributed by atoms with E-state index in [0.29, 0.717) is 0 Å². The summed E-state index contributed by atoms with van der Waals surface area (Å²) in [4.78, 5) is 26.1. The third-order valence-corrected chi connectivity index (χ3v) is 2.81. The van der Waals surface area contributed by atoms with Gasteiger partial charge in [-0.25, -0.2) is 14.2 Å².